The molecule has 8 heteroatoms. The van der Waals surface area contributed by atoms with Gasteiger partial charge in [-0.2, -0.15) is 0 Å². The molecular formula is C20H27BrN4O3. The Kier molecular flexibility index (Phi) is 6.93. The van der Waals surface area contributed by atoms with E-state index >= 15 is 0 Å². The smallest absolute Gasteiger partial charge is 0.318 e. The molecule has 0 bridgehead atoms. The second-order valence-corrected chi connectivity index (χ2v) is 8.52. The summed E-state index contributed by atoms with van der Waals surface area (Å²) in [6.45, 7) is 2.23. The number of carbonyl (C=O) groups is 3. The van der Waals surface area contributed by atoms with Gasteiger partial charge in [0.15, 0.2) is 0 Å². The summed E-state index contributed by atoms with van der Waals surface area (Å²) in [6.07, 6.45) is 3.59. The maximum Gasteiger partial charge on any atom is 0.318 e. The third-order valence-electron chi connectivity index (χ3n) is 5.45. The molecule has 1 aromatic carbocycles. The topological polar surface area (TPSA) is 95.7 Å². The number of hydrogen-bond acceptors (Lipinski definition) is 3. The van der Waals surface area contributed by atoms with Crippen molar-refractivity contribution >= 4 is 33.8 Å². The van der Waals surface area contributed by atoms with E-state index < -0.39 is 6.04 Å². The Morgan fingerprint density at radius 1 is 1.18 bits per heavy atom. The van der Waals surface area contributed by atoms with Crippen LogP contribution in [0.1, 0.15) is 37.7 Å². The van der Waals surface area contributed by atoms with Gasteiger partial charge in [-0.25, -0.2) is 4.79 Å². The molecule has 4 amide bonds. The second-order valence-electron chi connectivity index (χ2n) is 7.60. The third kappa shape index (κ3) is 5.25. The fourth-order valence-corrected chi connectivity index (χ4v) is 4.57. The van der Waals surface area contributed by atoms with E-state index in [1.54, 1.807) is 4.90 Å². The molecule has 2 atom stereocenters. The van der Waals surface area contributed by atoms with E-state index in [0.29, 0.717) is 39.0 Å². The van der Waals surface area contributed by atoms with Gasteiger partial charge in [0.05, 0.1) is 0 Å². The van der Waals surface area contributed by atoms with E-state index in [-0.39, 0.29) is 23.8 Å². The largest absolute Gasteiger partial charge is 0.370 e. The summed E-state index contributed by atoms with van der Waals surface area (Å²) in [6, 6.07) is 7.14. The summed E-state index contributed by atoms with van der Waals surface area (Å²) in [4.78, 5) is 40.4. The number of nitrogens with two attached hydrogens (primary N) is 1. The third-order valence-corrected chi connectivity index (χ3v) is 5.95. The highest BCUT2D eigenvalue weighted by molar-refractivity contribution is 9.10. The zero-order valence-electron chi connectivity index (χ0n) is 15.9. The van der Waals surface area contributed by atoms with Gasteiger partial charge in [-0.15, -0.1) is 0 Å². The van der Waals surface area contributed by atoms with Crippen LogP contribution >= 0.6 is 15.9 Å². The number of benzene rings is 1. The molecule has 1 unspecified atom stereocenters. The van der Waals surface area contributed by atoms with Crippen molar-refractivity contribution in [2.24, 2.45) is 11.7 Å². The van der Waals surface area contributed by atoms with Gasteiger partial charge in [-0.3, -0.25) is 9.59 Å². The average Bonchev–Trinajstić information content (AvgIpc) is 3.15. The van der Waals surface area contributed by atoms with Crippen LogP contribution in [-0.2, 0) is 16.1 Å². The van der Waals surface area contributed by atoms with E-state index in [1.165, 1.54) is 0 Å². The monoisotopic (exact) mass is 450 g/mol. The molecule has 2 saturated heterocycles. The predicted molar refractivity (Wildman–Crippen MR) is 109 cm³/mol. The molecule has 3 rings (SSSR count). The highest BCUT2D eigenvalue weighted by atomic mass is 79.9. The minimum atomic E-state index is -0.421. The number of amides is 4. The molecule has 2 aliphatic rings. The summed E-state index contributed by atoms with van der Waals surface area (Å²) in [5.74, 6) is -0.214. The Morgan fingerprint density at radius 3 is 2.71 bits per heavy atom. The number of nitrogens with zero attached hydrogens (tertiary/aromatic N) is 2. The van der Waals surface area contributed by atoms with Crippen LogP contribution in [0.15, 0.2) is 28.7 Å². The average molecular weight is 451 g/mol. The zero-order valence-corrected chi connectivity index (χ0v) is 17.5. The summed E-state index contributed by atoms with van der Waals surface area (Å²) in [5.41, 5.74) is 6.31. The number of rotatable bonds is 5. The number of primary amides is 1. The predicted octanol–water partition coefficient (Wildman–Crippen LogP) is 2.24. The Balaban J connectivity index is 1.57. The highest BCUT2D eigenvalue weighted by Crippen LogP contribution is 2.24. The van der Waals surface area contributed by atoms with E-state index in [1.807, 2.05) is 29.2 Å². The van der Waals surface area contributed by atoms with E-state index in [2.05, 4.69) is 21.2 Å². The fraction of sp³-hybridized carbons (Fsp3) is 0.550. The Bertz CT molecular complexity index is 742. The normalized spacial score (nSPS) is 22.2. The second kappa shape index (κ2) is 9.41. The number of halogens is 1. The van der Waals surface area contributed by atoms with Gasteiger partial charge in [-0.1, -0.05) is 28.1 Å². The first kappa shape index (κ1) is 20.6. The molecule has 3 N–H and O–H groups in total. The molecule has 2 fully saturated rings. The van der Waals surface area contributed by atoms with Crippen molar-refractivity contribution in [2.75, 3.05) is 19.6 Å². The summed E-state index contributed by atoms with van der Waals surface area (Å²) in [7, 11) is 0. The molecule has 0 aliphatic carbocycles. The van der Waals surface area contributed by atoms with Crippen LogP contribution in [0.5, 0.6) is 0 Å². The standard InChI is InChI=1S/C20H27BrN4O3/c21-16-6-1-4-14(10-16)12-23-20(28)25-9-3-7-17(25)19(27)24-8-2-5-15(13-24)11-18(22)26/h1,4,6,10,15,17H,2-3,5,7-9,11-13H2,(H2,22,26)(H,23,28)/t15?,17-/m0/s1. The Labute approximate surface area is 173 Å². The van der Waals surface area contributed by atoms with Crippen molar-refractivity contribution in [3.8, 4) is 0 Å². The minimum Gasteiger partial charge on any atom is -0.370 e. The van der Waals surface area contributed by atoms with Gasteiger partial charge in [0.1, 0.15) is 6.04 Å². The van der Waals surface area contributed by atoms with Gasteiger partial charge in [0, 0.05) is 37.1 Å². The first-order valence-corrected chi connectivity index (χ1v) is 10.6. The van der Waals surface area contributed by atoms with Crippen LogP contribution < -0.4 is 11.1 Å². The number of urea groups is 1. The number of carbonyl (C=O) groups excluding carboxylic acids is 3. The van der Waals surface area contributed by atoms with Crippen LogP contribution in [0.3, 0.4) is 0 Å². The van der Waals surface area contributed by atoms with Crippen molar-refractivity contribution in [3.63, 3.8) is 0 Å². The summed E-state index contributed by atoms with van der Waals surface area (Å²) in [5, 5.41) is 2.93. The van der Waals surface area contributed by atoms with Gasteiger partial charge in [-0.05, 0) is 49.3 Å². The number of likely N-dealkylation sites (tertiary alicyclic amines) is 2. The summed E-state index contributed by atoms with van der Waals surface area (Å²) >= 11 is 3.43. The maximum atomic E-state index is 13.0. The molecule has 152 valence electrons. The lowest BCUT2D eigenvalue weighted by molar-refractivity contribution is -0.137. The Morgan fingerprint density at radius 2 is 1.96 bits per heavy atom. The van der Waals surface area contributed by atoms with Gasteiger partial charge in [0.25, 0.3) is 0 Å². The summed E-state index contributed by atoms with van der Waals surface area (Å²) < 4.78 is 0.962. The van der Waals surface area contributed by atoms with Crippen molar-refractivity contribution in [2.45, 2.75) is 44.7 Å². The first-order chi connectivity index (χ1) is 13.4. The molecular weight excluding hydrogens is 424 g/mol. The van der Waals surface area contributed by atoms with Crippen molar-refractivity contribution in [1.29, 1.82) is 0 Å². The maximum absolute atomic E-state index is 13.0. The first-order valence-electron chi connectivity index (χ1n) is 9.80. The molecule has 2 heterocycles. The van der Waals surface area contributed by atoms with Crippen LogP contribution in [-0.4, -0.2) is 53.3 Å². The molecule has 0 saturated carbocycles. The van der Waals surface area contributed by atoms with Crippen molar-refractivity contribution < 1.29 is 14.4 Å². The van der Waals surface area contributed by atoms with Crippen LogP contribution in [0, 0.1) is 5.92 Å². The lowest BCUT2D eigenvalue weighted by Gasteiger charge is -2.36. The lowest BCUT2D eigenvalue weighted by atomic mass is 9.94. The number of piperidine rings is 1. The van der Waals surface area contributed by atoms with Crippen LogP contribution in [0.4, 0.5) is 4.79 Å². The minimum absolute atomic E-state index is 0.00993. The van der Waals surface area contributed by atoms with E-state index in [4.69, 9.17) is 5.73 Å². The Hall–Kier alpha value is -2.09. The molecule has 0 spiro atoms. The lowest BCUT2D eigenvalue weighted by Crippen LogP contribution is -2.52. The molecule has 0 aromatic heterocycles. The van der Waals surface area contributed by atoms with Gasteiger partial charge >= 0.3 is 6.03 Å². The molecule has 0 radical (unpaired) electrons. The SMILES string of the molecule is NC(=O)CC1CCCN(C(=O)[C@@H]2CCCN2C(=O)NCc2cccc(Br)c2)C1. The molecule has 1 aromatic rings. The van der Waals surface area contributed by atoms with Crippen molar-refractivity contribution in [3.05, 3.63) is 34.3 Å². The van der Waals surface area contributed by atoms with E-state index in [9.17, 15) is 14.4 Å². The van der Waals surface area contributed by atoms with Crippen LogP contribution in [0.2, 0.25) is 0 Å². The molecule has 28 heavy (non-hydrogen) atoms. The molecule has 7 nitrogen and oxygen atoms in total. The zero-order chi connectivity index (χ0) is 20.1. The van der Waals surface area contributed by atoms with Crippen molar-refractivity contribution in [1.82, 2.24) is 15.1 Å². The van der Waals surface area contributed by atoms with Gasteiger partial charge in [0.2, 0.25) is 11.8 Å². The fourth-order valence-electron chi connectivity index (χ4n) is 4.12. The van der Waals surface area contributed by atoms with Crippen LogP contribution in [0.25, 0.3) is 0 Å². The van der Waals surface area contributed by atoms with E-state index in [0.717, 1.165) is 29.3 Å². The molecule has 2 aliphatic heterocycles. The number of nitrogens with one attached hydrogen (secondary N) is 1. The number of hydrogen-bond donors (Lipinski definition) is 2. The highest BCUT2D eigenvalue weighted by Gasteiger charge is 2.37. The quantitative estimate of drug-likeness (QED) is 0.719. The van der Waals surface area contributed by atoms with Gasteiger partial charge < -0.3 is 20.9 Å².